The van der Waals surface area contributed by atoms with E-state index in [0.717, 1.165) is 23.9 Å². The van der Waals surface area contributed by atoms with Gasteiger partial charge in [-0.25, -0.2) is 0 Å². The number of carbonyl (C=O) groups is 1. The van der Waals surface area contributed by atoms with Crippen molar-refractivity contribution in [2.75, 3.05) is 13.7 Å². The summed E-state index contributed by atoms with van der Waals surface area (Å²) in [6.07, 6.45) is 11.2. The van der Waals surface area contributed by atoms with Crippen LogP contribution in [-0.4, -0.2) is 46.6 Å². The van der Waals surface area contributed by atoms with Crippen molar-refractivity contribution < 1.29 is 9.53 Å². The molecule has 2 aliphatic carbocycles. The Bertz CT molecular complexity index is 780. The van der Waals surface area contributed by atoms with Crippen LogP contribution in [0.3, 0.4) is 0 Å². The highest BCUT2D eigenvalue weighted by Gasteiger charge is 2.58. The Morgan fingerprint density at radius 2 is 2.12 bits per heavy atom. The first-order valence-electron chi connectivity index (χ1n) is 9.25. The topological polar surface area (TPSA) is 55.3 Å². The predicted molar refractivity (Wildman–Crippen MR) is 96.4 cm³/mol. The first-order chi connectivity index (χ1) is 12.2. The van der Waals surface area contributed by atoms with Crippen molar-refractivity contribution in [3.8, 4) is 0 Å². The fraction of sp³-hybridized carbons (Fsp3) is 0.550. The molecule has 5 nitrogen and oxygen atoms in total. The first-order valence-corrected chi connectivity index (χ1v) is 9.25. The Morgan fingerprint density at radius 3 is 2.88 bits per heavy atom. The molecular formula is C20H25N3O2. The van der Waals surface area contributed by atoms with Crippen molar-refractivity contribution >= 4 is 16.8 Å². The molecule has 4 rings (SSSR count). The molecule has 0 aromatic carbocycles. The number of amides is 1. The van der Waals surface area contributed by atoms with Gasteiger partial charge in [-0.05, 0) is 38.3 Å². The van der Waals surface area contributed by atoms with Gasteiger partial charge in [-0.15, -0.1) is 0 Å². The number of aromatic nitrogens is 2. The zero-order valence-corrected chi connectivity index (χ0v) is 14.9. The summed E-state index contributed by atoms with van der Waals surface area (Å²) in [5.74, 6) is 0.0617. The van der Waals surface area contributed by atoms with E-state index in [9.17, 15) is 4.79 Å². The van der Waals surface area contributed by atoms with Crippen molar-refractivity contribution in [3.63, 3.8) is 0 Å². The average Bonchev–Trinajstić information content (AvgIpc) is 3.16. The smallest absolute Gasteiger partial charge is 0.254 e. The molecule has 0 bridgehead atoms. The van der Waals surface area contributed by atoms with E-state index in [4.69, 9.17) is 4.74 Å². The highest BCUT2D eigenvalue weighted by Crippen LogP contribution is 2.56. The molecule has 0 saturated heterocycles. The molecule has 2 fully saturated rings. The summed E-state index contributed by atoms with van der Waals surface area (Å²) in [5, 5.41) is 0.822. The Labute approximate surface area is 148 Å². The third-order valence-electron chi connectivity index (χ3n) is 6.21. The van der Waals surface area contributed by atoms with E-state index in [2.05, 4.69) is 16.9 Å². The van der Waals surface area contributed by atoms with Gasteiger partial charge in [-0.3, -0.25) is 14.8 Å². The minimum Gasteiger partial charge on any atom is -0.378 e. The van der Waals surface area contributed by atoms with Crippen LogP contribution in [0.5, 0.6) is 0 Å². The molecule has 5 heteroatoms. The fourth-order valence-electron chi connectivity index (χ4n) is 4.90. The number of nitrogens with zero attached hydrogens (tertiary/aromatic N) is 3. The fourth-order valence-corrected chi connectivity index (χ4v) is 4.90. The Hall–Kier alpha value is -2.01. The van der Waals surface area contributed by atoms with Gasteiger partial charge in [0.1, 0.15) is 0 Å². The molecule has 132 valence electrons. The summed E-state index contributed by atoms with van der Waals surface area (Å²) < 4.78 is 5.99. The molecule has 0 unspecified atom stereocenters. The second kappa shape index (κ2) is 6.37. The van der Waals surface area contributed by atoms with Crippen molar-refractivity contribution in [3.05, 3.63) is 36.3 Å². The van der Waals surface area contributed by atoms with Gasteiger partial charge in [-0.2, -0.15) is 0 Å². The van der Waals surface area contributed by atoms with Gasteiger partial charge in [0.25, 0.3) is 5.91 Å². The summed E-state index contributed by atoms with van der Waals surface area (Å²) in [4.78, 5) is 23.7. The first kappa shape index (κ1) is 16.5. The number of pyridine rings is 2. The summed E-state index contributed by atoms with van der Waals surface area (Å²) in [6.45, 7) is 2.80. The van der Waals surface area contributed by atoms with E-state index in [-0.39, 0.29) is 17.4 Å². The van der Waals surface area contributed by atoms with E-state index in [0.29, 0.717) is 11.7 Å². The number of carbonyl (C=O) groups excluding carboxylic acids is 1. The lowest BCUT2D eigenvalue weighted by Gasteiger charge is -2.57. The normalized spacial score (nSPS) is 24.4. The zero-order valence-electron chi connectivity index (χ0n) is 14.9. The Morgan fingerprint density at radius 1 is 1.32 bits per heavy atom. The summed E-state index contributed by atoms with van der Waals surface area (Å²) in [5.41, 5.74) is 1.65. The number of hydrogen-bond donors (Lipinski definition) is 0. The summed E-state index contributed by atoms with van der Waals surface area (Å²) in [7, 11) is 1.94. The van der Waals surface area contributed by atoms with Crippen molar-refractivity contribution in [1.82, 2.24) is 14.9 Å². The molecule has 2 aliphatic rings. The molecule has 2 heterocycles. The molecule has 0 aliphatic heterocycles. The minimum atomic E-state index is 0.0617. The lowest BCUT2D eigenvalue weighted by atomic mass is 9.60. The molecule has 2 atom stereocenters. The Balaban J connectivity index is 1.62. The van der Waals surface area contributed by atoms with Crippen LogP contribution in [0, 0.1) is 5.41 Å². The van der Waals surface area contributed by atoms with E-state index in [1.54, 1.807) is 18.6 Å². The van der Waals surface area contributed by atoms with Crippen molar-refractivity contribution in [1.29, 1.82) is 0 Å². The predicted octanol–water partition coefficient (Wildman–Crippen LogP) is 3.44. The van der Waals surface area contributed by atoms with E-state index < -0.39 is 0 Å². The van der Waals surface area contributed by atoms with Crippen molar-refractivity contribution in [2.45, 2.75) is 51.2 Å². The third kappa shape index (κ3) is 2.53. The quantitative estimate of drug-likeness (QED) is 0.856. The molecule has 2 aromatic rings. The van der Waals surface area contributed by atoms with Crippen LogP contribution in [0.1, 0.15) is 49.4 Å². The molecule has 2 aromatic heterocycles. The Kier molecular flexibility index (Phi) is 4.20. The standard InChI is InChI=1S/C20H25N3O2/c1-3-25-18-12-17(20(18)8-4-5-9-20)23(2)19(24)14-6-11-22-16-7-10-21-13-15(14)16/h6-7,10-11,13,17-18H,3-5,8-9,12H2,1-2H3/t17-,18+/m0/s1. The molecular weight excluding hydrogens is 314 g/mol. The van der Waals surface area contributed by atoms with Crippen LogP contribution in [-0.2, 0) is 4.74 Å². The average molecular weight is 339 g/mol. The van der Waals surface area contributed by atoms with Gasteiger partial charge < -0.3 is 9.64 Å². The van der Waals surface area contributed by atoms with E-state index in [1.165, 1.54) is 25.7 Å². The van der Waals surface area contributed by atoms with E-state index in [1.807, 2.05) is 24.1 Å². The number of rotatable bonds is 4. The number of ether oxygens (including phenoxy) is 1. The van der Waals surface area contributed by atoms with Crippen molar-refractivity contribution in [2.24, 2.45) is 5.41 Å². The van der Waals surface area contributed by atoms with Gasteiger partial charge in [-0.1, -0.05) is 12.8 Å². The number of hydrogen-bond acceptors (Lipinski definition) is 4. The van der Waals surface area contributed by atoms with Crippen LogP contribution in [0.4, 0.5) is 0 Å². The third-order valence-corrected chi connectivity index (χ3v) is 6.21. The maximum atomic E-state index is 13.2. The molecule has 25 heavy (non-hydrogen) atoms. The summed E-state index contributed by atoms with van der Waals surface area (Å²) in [6, 6.07) is 3.92. The molecule has 0 N–H and O–H groups in total. The summed E-state index contributed by atoms with van der Waals surface area (Å²) >= 11 is 0. The largest absolute Gasteiger partial charge is 0.378 e. The van der Waals surface area contributed by atoms with Gasteiger partial charge >= 0.3 is 0 Å². The maximum Gasteiger partial charge on any atom is 0.254 e. The van der Waals surface area contributed by atoms with Crippen LogP contribution in [0.2, 0.25) is 0 Å². The van der Waals surface area contributed by atoms with Gasteiger partial charge in [0.05, 0.1) is 17.2 Å². The zero-order chi connectivity index (χ0) is 17.4. The van der Waals surface area contributed by atoms with Crippen LogP contribution >= 0.6 is 0 Å². The minimum absolute atomic E-state index is 0.0617. The molecule has 1 spiro atoms. The molecule has 0 radical (unpaired) electrons. The van der Waals surface area contributed by atoms with Crippen LogP contribution in [0.25, 0.3) is 10.9 Å². The van der Waals surface area contributed by atoms with Crippen LogP contribution in [0.15, 0.2) is 30.7 Å². The molecule has 2 saturated carbocycles. The molecule has 1 amide bonds. The highest BCUT2D eigenvalue weighted by atomic mass is 16.5. The SMILES string of the molecule is CCO[C@@H]1C[C@H](N(C)C(=O)c2ccnc3ccncc23)C12CCCC2. The second-order valence-electron chi connectivity index (χ2n) is 7.30. The van der Waals surface area contributed by atoms with Crippen LogP contribution < -0.4 is 0 Å². The van der Waals surface area contributed by atoms with Gasteiger partial charge in [0.2, 0.25) is 0 Å². The number of fused-ring (bicyclic) bond motifs is 1. The van der Waals surface area contributed by atoms with Gasteiger partial charge in [0, 0.05) is 49.1 Å². The monoisotopic (exact) mass is 339 g/mol. The maximum absolute atomic E-state index is 13.2. The lowest BCUT2D eigenvalue weighted by molar-refractivity contribution is -0.152. The van der Waals surface area contributed by atoms with Gasteiger partial charge in [0.15, 0.2) is 0 Å². The second-order valence-corrected chi connectivity index (χ2v) is 7.30. The lowest BCUT2D eigenvalue weighted by Crippen LogP contribution is -2.64. The highest BCUT2D eigenvalue weighted by molar-refractivity contribution is 6.05. The van der Waals surface area contributed by atoms with E-state index >= 15 is 0 Å².